The normalized spacial score (nSPS) is 10.7. The minimum atomic E-state index is -0.941. The number of carboxylic acid groups (broad SMARTS) is 1. The van der Waals surface area contributed by atoms with Gasteiger partial charge in [0.2, 0.25) is 0 Å². The van der Waals surface area contributed by atoms with Crippen molar-refractivity contribution in [3.63, 3.8) is 0 Å². The van der Waals surface area contributed by atoms with Crippen LogP contribution in [0.4, 0.5) is 0 Å². The van der Waals surface area contributed by atoms with Crippen molar-refractivity contribution in [3.05, 3.63) is 88.5 Å². The van der Waals surface area contributed by atoms with Gasteiger partial charge in [0.15, 0.2) is 0 Å². The third-order valence-electron chi connectivity index (χ3n) is 4.61. The van der Waals surface area contributed by atoms with Gasteiger partial charge in [-0.15, -0.1) is 0 Å². The molecule has 4 N–H and O–H groups in total. The van der Waals surface area contributed by atoms with Gasteiger partial charge >= 0.3 is 5.97 Å². The molecule has 5 heteroatoms. The van der Waals surface area contributed by atoms with Gasteiger partial charge in [-0.3, -0.25) is 0 Å². The van der Waals surface area contributed by atoms with E-state index in [4.69, 9.17) is 5.11 Å². The summed E-state index contributed by atoms with van der Waals surface area (Å²) in [6, 6.07) is 16.8. The summed E-state index contributed by atoms with van der Waals surface area (Å²) in [6.45, 7) is 0. The SMILES string of the molecule is O=C(O)c1ccc(CCc2cc(O)cc(CCc3cc(O)cc(O)c3)c2)cc1. The highest BCUT2D eigenvalue weighted by atomic mass is 16.4. The molecule has 0 amide bonds. The zero-order valence-corrected chi connectivity index (χ0v) is 15.3. The van der Waals surface area contributed by atoms with Crippen molar-refractivity contribution < 1.29 is 25.2 Å². The Bertz CT molecular complexity index is 957. The second-order valence-corrected chi connectivity index (χ2v) is 6.87. The average Bonchev–Trinajstić information content (AvgIpc) is 2.64. The lowest BCUT2D eigenvalue weighted by atomic mass is 9.98. The molecule has 0 aromatic heterocycles. The van der Waals surface area contributed by atoms with Gasteiger partial charge in [0.25, 0.3) is 0 Å². The Labute approximate surface area is 163 Å². The highest BCUT2D eigenvalue weighted by molar-refractivity contribution is 5.87. The standard InChI is InChI=1S/C23H22O5/c24-20-10-16(2-1-15-5-7-19(8-6-15)23(27)28)9-17(11-20)3-4-18-12-21(25)14-22(26)13-18/h5-14,24-26H,1-4H2,(H,27,28). The van der Waals surface area contributed by atoms with Crippen LogP contribution in [-0.2, 0) is 25.7 Å². The Hall–Kier alpha value is -3.47. The Morgan fingerprint density at radius 2 is 0.964 bits per heavy atom. The molecule has 0 radical (unpaired) electrons. The molecule has 0 bridgehead atoms. The molecule has 3 aromatic rings. The summed E-state index contributed by atoms with van der Waals surface area (Å²) in [5.74, 6) is -0.683. The van der Waals surface area contributed by atoms with Gasteiger partial charge in [0.1, 0.15) is 17.2 Å². The number of rotatable bonds is 7. The lowest BCUT2D eigenvalue weighted by Gasteiger charge is -2.09. The minimum absolute atomic E-state index is 0.0283. The molecule has 5 nitrogen and oxygen atoms in total. The van der Waals surface area contributed by atoms with E-state index in [2.05, 4.69) is 0 Å². The van der Waals surface area contributed by atoms with Crippen LogP contribution in [0.5, 0.6) is 17.2 Å². The van der Waals surface area contributed by atoms with Crippen LogP contribution in [-0.4, -0.2) is 26.4 Å². The third-order valence-corrected chi connectivity index (χ3v) is 4.61. The van der Waals surface area contributed by atoms with E-state index in [1.807, 2.05) is 18.2 Å². The summed E-state index contributed by atoms with van der Waals surface area (Å²) in [5.41, 5.74) is 4.09. The summed E-state index contributed by atoms with van der Waals surface area (Å²) in [5, 5.41) is 38.1. The lowest BCUT2D eigenvalue weighted by Crippen LogP contribution is -1.98. The monoisotopic (exact) mass is 378 g/mol. The summed E-state index contributed by atoms with van der Waals surface area (Å²) >= 11 is 0. The first-order chi connectivity index (χ1) is 13.4. The molecule has 3 aromatic carbocycles. The Morgan fingerprint density at radius 1 is 0.571 bits per heavy atom. The van der Waals surface area contributed by atoms with Crippen molar-refractivity contribution in [1.29, 1.82) is 0 Å². The van der Waals surface area contributed by atoms with E-state index in [9.17, 15) is 20.1 Å². The zero-order valence-electron chi connectivity index (χ0n) is 15.3. The van der Waals surface area contributed by atoms with Crippen molar-refractivity contribution >= 4 is 5.97 Å². The van der Waals surface area contributed by atoms with E-state index < -0.39 is 5.97 Å². The number of phenols is 3. The van der Waals surface area contributed by atoms with E-state index in [1.54, 1.807) is 36.4 Å². The summed E-state index contributed by atoms with van der Waals surface area (Å²) in [6.07, 6.45) is 2.75. The van der Waals surface area contributed by atoms with Crippen molar-refractivity contribution in [3.8, 4) is 17.2 Å². The average molecular weight is 378 g/mol. The second-order valence-electron chi connectivity index (χ2n) is 6.87. The van der Waals surface area contributed by atoms with Gasteiger partial charge < -0.3 is 20.4 Å². The van der Waals surface area contributed by atoms with Gasteiger partial charge in [-0.1, -0.05) is 18.2 Å². The predicted octanol–water partition coefficient (Wildman–Crippen LogP) is 4.07. The van der Waals surface area contributed by atoms with E-state index in [0.29, 0.717) is 12.8 Å². The number of benzene rings is 3. The maximum absolute atomic E-state index is 10.9. The van der Waals surface area contributed by atoms with Crippen LogP contribution in [0.1, 0.15) is 32.6 Å². The molecular formula is C23H22O5. The van der Waals surface area contributed by atoms with Crippen LogP contribution in [0, 0.1) is 0 Å². The van der Waals surface area contributed by atoms with Crippen molar-refractivity contribution in [2.24, 2.45) is 0 Å². The topological polar surface area (TPSA) is 98.0 Å². The van der Waals surface area contributed by atoms with Crippen LogP contribution in [0.3, 0.4) is 0 Å². The smallest absolute Gasteiger partial charge is 0.335 e. The summed E-state index contributed by atoms with van der Waals surface area (Å²) in [7, 11) is 0. The second kappa shape index (κ2) is 8.48. The highest BCUT2D eigenvalue weighted by Crippen LogP contribution is 2.23. The van der Waals surface area contributed by atoms with Gasteiger partial charge in [-0.25, -0.2) is 4.79 Å². The predicted molar refractivity (Wildman–Crippen MR) is 106 cm³/mol. The number of carbonyl (C=O) groups is 1. The van der Waals surface area contributed by atoms with Crippen molar-refractivity contribution in [1.82, 2.24) is 0 Å². The number of phenolic OH excluding ortho intramolecular Hbond substituents is 3. The molecule has 0 unspecified atom stereocenters. The van der Waals surface area contributed by atoms with E-state index in [0.717, 1.165) is 35.1 Å². The maximum Gasteiger partial charge on any atom is 0.335 e. The molecule has 0 aliphatic carbocycles. The van der Waals surface area contributed by atoms with Gasteiger partial charge in [0, 0.05) is 6.07 Å². The molecule has 0 aliphatic heterocycles. The first-order valence-electron chi connectivity index (χ1n) is 9.05. The maximum atomic E-state index is 10.9. The number of hydrogen-bond donors (Lipinski definition) is 4. The number of aromatic hydroxyl groups is 3. The number of hydrogen-bond acceptors (Lipinski definition) is 4. The van der Waals surface area contributed by atoms with Gasteiger partial charge in [0.05, 0.1) is 5.56 Å². The van der Waals surface area contributed by atoms with Gasteiger partial charge in [-0.05, 0) is 84.3 Å². The van der Waals surface area contributed by atoms with Crippen LogP contribution in [0.2, 0.25) is 0 Å². The molecule has 0 aliphatic rings. The van der Waals surface area contributed by atoms with Gasteiger partial charge in [-0.2, -0.15) is 0 Å². The fourth-order valence-corrected chi connectivity index (χ4v) is 3.22. The Morgan fingerprint density at radius 3 is 1.43 bits per heavy atom. The Balaban J connectivity index is 1.64. The molecule has 3 rings (SSSR count). The van der Waals surface area contributed by atoms with Crippen LogP contribution in [0.25, 0.3) is 0 Å². The summed E-state index contributed by atoms with van der Waals surface area (Å²) in [4.78, 5) is 10.9. The molecule has 0 atom stereocenters. The molecule has 0 saturated carbocycles. The molecule has 0 heterocycles. The molecule has 0 saturated heterocycles. The van der Waals surface area contributed by atoms with Crippen LogP contribution in [0.15, 0.2) is 60.7 Å². The molecule has 0 fully saturated rings. The number of aryl methyl sites for hydroxylation is 4. The molecular weight excluding hydrogens is 356 g/mol. The number of carboxylic acids is 1. The highest BCUT2D eigenvalue weighted by Gasteiger charge is 2.06. The summed E-state index contributed by atoms with van der Waals surface area (Å²) < 4.78 is 0. The minimum Gasteiger partial charge on any atom is -0.508 e. The fraction of sp³-hybridized carbons (Fsp3) is 0.174. The van der Waals surface area contributed by atoms with E-state index in [1.165, 1.54) is 6.07 Å². The third kappa shape index (κ3) is 5.27. The van der Waals surface area contributed by atoms with Crippen molar-refractivity contribution in [2.75, 3.05) is 0 Å². The van der Waals surface area contributed by atoms with Crippen LogP contribution < -0.4 is 0 Å². The van der Waals surface area contributed by atoms with E-state index in [-0.39, 0.29) is 22.8 Å². The first kappa shape index (κ1) is 19.3. The molecule has 144 valence electrons. The van der Waals surface area contributed by atoms with Crippen LogP contribution >= 0.6 is 0 Å². The molecule has 0 spiro atoms. The van der Waals surface area contributed by atoms with E-state index >= 15 is 0 Å². The fourth-order valence-electron chi connectivity index (χ4n) is 3.22. The Kier molecular flexibility index (Phi) is 5.84. The quantitative estimate of drug-likeness (QED) is 0.497. The first-order valence-corrected chi connectivity index (χ1v) is 9.05. The van der Waals surface area contributed by atoms with Crippen molar-refractivity contribution in [2.45, 2.75) is 25.7 Å². The molecule has 28 heavy (non-hydrogen) atoms. The zero-order chi connectivity index (χ0) is 20.1. The lowest BCUT2D eigenvalue weighted by molar-refractivity contribution is 0.0697. The number of aromatic carboxylic acids is 1. The largest absolute Gasteiger partial charge is 0.508 e.